The van der Waals surface area contributed by atoms with Crippen LogP contribution >= 0.6 is 11.3 Å². The second-order valence-electron chi connectivity index (χ2n) is 8.05. The van der Waals surface area contributed by atoms with Gasteiger partial charge in [-0.25, -0.2) is 0 Å². The van der Waals surface area contributed by atoms with E-state index in [2.05, 4.69) is 52.9 Å². The third kappa shape index (κ3) is 5.50. The van der Waals surface area contributed by atoms with E-state index in [0.717, 1.165) is 38.3 Å². The first-order valence-corrected chi connectivity index (χ1v) is 11.4. The van der Waals surface area contributed by atoms with Gasteiger partial charge in [-0.1, -0.05) is 18.2 Å². The first kappa shape index (κ1) is 21.5. The molecule has 31 heavy (non-hydrogen) atoms. The fourth-order valence-corrected chi connectivity index (χ4v) is 4.87. The van der Waals surface area contributed by atoms with Crippen molar-refractivity contribution in [2.75, 3.05) is 38.5 Å². The van der Waals surface area contributed by atoms with Gasteiger partial charge >= 0.3 is 0 Å². The predicted octanol–water partition coefficient (Wildman–Crippen LogP) is 3.54. The van der Waals surface area contributed by atoms with E-state index in [1.165, 1.54) is 21.9 Å². The standard InChI is InChI=1S/C24H28N4O2S/c1-17(29)26-21-12-18(11-20(13-21)24(30)28-9-7-27(2)8-10-28)15-25-16-22-14-19-5-3-4-6-23(19)31-22/h3-6,11-14,25H,7-10,15-16H2,1-2H3,(H,26,29). The van der Waals surface area contributed by atoms with Crippen LogP contribution in [0.4, 0.5) is 5.69 Å². The number of carbonyl (C=O) groups excluding carboxylic acids is 2. The zero-order valence-electron chi connectivity index (χ0n) is 18.0. The van der Waals surface area contributed by atoms with Crippen LogP contribution in [0.2, 0.25) is 0 Å². The largest absolute Gasteiger partial charge is 0.336 e. The number of nitrogens with one attached hydrogen (secondary N) is 2. The highest BCUT2D eigenvalue weighted by Gasteiger charge is 2.21. The Morgan fingerprint density at radius 2 is 1.77 bits per heavy atom. The van der Waals surface area contributed by atoms with Crippen molar-refractivity contribution in [3.8, 4) is 0 Å². The number of anilines is 1. The number of fused-ring (bicyclic) bond motifs is 1. The Kier molecular flexibility index (Phi) is 6.65. The molecule has 2 aromatic carbocycles. The average Bonchev–Trinajstić information content (AvgIpc) is 3.16. The van der Waals surface area contributed by atoms with E-state index in [1.807, 2.05) is 17.0 Å². The molecule has 0 atom stereocenters. The molecular formula is C24H28N4O2S. The van der Waals surface area contributed by atoms with Gasteiger partial charge in [-0.3, -0.25) is 9.59 Å². The molecular weight excluding hydrogens is 408 g/mol. The van der Waals surface area contributed by atoms with Gasteiger partial charge in [0.1, 0.15) is 0 Å². The lowest BCUT2D eigenvalue weighted by molar-refractivity contribution is -0.114. The van der Waals surface area contributed by atoms with Crippen molar-refractivity contribution in [2.45, 2.75) is 20.0 Å². The third-order valence-electron chi connectivity index (χ3n) is 5.46. The van der Waals surface area contributed by atoms with E-state index in [-0.39, 0.29) is 11.8 Å². The van der Waals surface area contributed by atoms with E-state index in [9.17, 15) is 9.59 Å². The number of likely N-dealkylation sites (N-methyl/N-ethyl adjacent to an activating group) is 1. The smallest absolute Gasteiger partial charge is 0.254 e. The summed E-state index contributed by atoms with van der Waals surface area (Å²) >= 11 is 1.79. The number of rotatable bonds is 6. The van der Waals surface area contributed by atoms with Gasteiger partial charge in [0.05, 0.1) is 0 Å². The molecule has 1 aromatic heterocycles. The second kappa shape index (κ2) is 9.60. The Bertz CT molecular complexity index is 1050. The highest BCUT2D eigenvalue weighted by Crippen LogP contribution is 2.25. The molecule has 0 saturated carbocycles. The Balaban J connectivity index is 1.47. The highest BCUT2D eigenvalue weighted by atomic mass is 32.1. The van der Waals surface area contributed by atoms with Crippen LogP contribution in [0.1, 0.15) is 27.7 Å². The van der Waals surface area contributed by atoms with Crippen LogP contribution in [0.15, 0.2) is 48.5 Å². The predicted molar refractivity (Wildman–Crippen MR) is 127 cm³/mol. The normalized spacial score (nSPS) is 14.7. The summed E-state index contributed by atoms with van der Waals surface area (Å²) in [6, 6.07) is 16.2. The summed E-state index contributed by atoms with van der Waals surface area (Å²) in [5.41, 5.74) is 2.26. The molecule has 6 nitrogen and oxygen atoms in total. The van der Waals surface area contributed by atoms with Gasteiger partial charge in [0.25, 0.3) is 5.91 Å². The minimum Gasteiger partial charge on any atom is -0.336 e. The number of hydrogen-bond donors (Lipinski definition) is 2. The molecule has 0 spiro atoms. The van der Waals surface area contributed by atoms with Gasteiger partial charge in [0.2, 0.25) is 5.91 Å². The number of thiophene rings is 1. The highest BCUT2D eigenvalue weighted by molar-refractivity contribution is 7.19. The third-order valence-corrected chi connectivity index (χ3v) is 6.57. The van der Waals surface area contributed by atoms with Gasteiger partial charge in [0.15, 0.2) is 0 Å². The average molecular weight is 437 g/mol. The van der Waals surface area contributed by atoms with E-state index >= 15 is 0 Å². The first-order valence-electron chi connectivity index (χ1n) is 10.6. The first-order chi connectivity index (χ1) is 15.0. The van der Waals surface area contributed by atoms with Crippen LogP contribution in [-0.2, 0) is 17.9 Å². The number of nitrogens with zero attached hydrogens (tertiary/aromatic N) is 2. The topological polar surface area (TPSA) is 64.7 Å². The summed E-state index contributed by atoms with van der Waals surface area (Å²) < 4.78 is 1.28. The molecule has 1 fully saturated rings. The van der Waals surface area contributed by atoms with E-state index < -0.39 is 0 Å². The Morgan fingerprint density at radius 3 is 2.52 bits per heavy atom. The summed E-state index contributed by atoms with van der Waals surface area (Å²) in [7, 11) is 2.07. The Hall–Kier alpha value is -2.74. The van der Waals surface area contributed by atoms with Gasteiger partial charge in [-0.2, -0.15) is 0 Å². The summed E-state index contributed by atoms with van der Waals surface area (Å²) in [5.74, 6) is -0.126. The van der Waals surface area contributed by atoms with Crippen molar-refractivity contribution in [3.05, 3.63) is 64.5 Å². The summed E-state index contributed by atoms with van der Waals surface area (Å²) in [5, 5.41) is 7.57. The number of benzene rings is 2. The van der Waals surface area contributed by atoms with Crippen LogP contribution < -0.4 is 10.6 Å². The molecule has 2 amide bonds. The van der Waals surface area contributed by atoms with Gasteiger partial charge in [0, 0.05) is 67.0 Å². The zero-order chi connectivity index (χ0) is 21.8. The molecule has 0 unspecified atom stereocenters. The molecule has 3 aromatic rings. The van der Waals surface area contributed by atoms with Gasteiger partial charge < -0.3 is 20.4 Å². The van der Waals surface area contributed by atoms with Crippen molar-refractivity contribution >= 4 is 38.9 Å². The maximum Gasteiger partial charge on any atom is 0.254 e. The molecule has 1 aliphatic rings. The number of carbonyl (C=O) groups is 2. The van der Waals surface area contributed by atoms with E-state index in [4.69, 9.17) is 0 Å². The summed E-state index contributed by atoms with van der Waals surface area (Å²) in [4.78, 5) is 30.1. The number of hydrogen-bond acceptors (Lipinski definition) is 5. The quantitative estimate of drug-likeness (QED) is 0.620. The van der Waals surface area contributed by atoms with Gasteiger partial charge in [-0.15, -0.1) is 11.3 Å². The molecule has 0 bridgehead atoms. The van der Waals surface area contributed by atoms with Crippen molar-refractivity contribution < 1.29 is 9.59 Å². The molecule has 0 radical (unpaired) electrons. The maximum absolute atomic E-state index is 13.1. The Morgan fingerprint density at radius 1 is 1.00 bits per heavy atom. The molecule has 1 aliphatic heterocycles. The summed E-state index contributed by atoms with van der Waals surface area (Å²) in [6.07, 6.45) is 0. The summed E-state index contributed by atoms with van der Waals surface area (Å²) in [6.45, 7) is 6.05. The lowest BCUT2D eigenvalue weighted by atomic mass is 10.1. The zero-order valence-corrected chi connectivity index (χ0v) is 18.8. The van der Waals surface area contributed by atoms with Crippen LogP contribution in [-0.4, -0.2) is 54.8 Å². The van der Waals surface area contributed by atoms with Crippen molar-refractivity contribution in [1.82, 2.24) is 15.1 Å². The Labute approximate surface area is 186 Å². The van der Waals surface area contributed by atoms with Crippen LogP contribution in [0.5, 0.6) is 0 Å². The minimum atomic E-state index is -0.145. The molecule has 4 rings (SSSR count). The number of amides is 2. The van der Waals surface area contributed by atoms with Crippen molar-refractivity contribution in [2.24, 2.45) is 0 Å². The van der Waals surface area contributed by atoms with Crippen LogP contribution in [0.25, 0.3) is 10.1 Å². The molecule has 0 aliphatic carbocycles. The molecule has 2 heterocycles. The van der Waals surface area contributed by atoms with E-state index in [0.29, 0.717) is 17.8 Å². The molecule has 1 saturated heterocycles. The molecule has 7 heteroatoms. The monoisotopic (exact) mass is 436 g/mol. The maximum atomic E-state index is 13.1. The SMILES string of the molecule is CC(=O)Nc1cc(CNCc2cc3ccccc3s2)cc(C(=O)N2CCN(C)CC2)c1. The fraction of sp³-hybridized carbons (Fsp3) is 0.333. The van der Waals surface area contributed by atoms with E-state index in [1.54, 1.807) is 17.4 Å². The number of piperazine rings is 1. The van der Waals surface area contributed by atoms with Crippen molar-refractivity contribution in [3.63, 3.8) is 0 Å². The molecule has 162 valence electrons. The van der Waals surface area contributed by atoms with Crippen LogP contribution in [0.3, 0.4) is 0 Å². The second-order valence-corrected chi connectivity index (χ2v) is 9.22. The molecule has 2 N–H and O–H groups in total. The fourth-order valence-electron chi connectivity index (χ4n) is 3.84. The lowest BCUT2D eigenvalue weighted by Crippen LogP contribution is -2.47. The van der Waals surface area contributed by atoms with Crippen molar-refractivity contribution in [1.29, 1.82) is 0 Å². The lowest BCUT2D eigenvalue weighted by Gasteiger charge is -2.32. The van der Waals surface area contributed by atoms with Crippen LogP contribution in [0, 0.1) is 0 Å². The van der Waals surface area contributed by atoms with Gasteiger partial charge in [-0.05, 0) is 48.3 Å². The minimum absolute atomic E-state index is 0.0195.